The third kappa shape index (κ3) is 2.32. The van der Waals surface area contributed by atoms with Crippen LogP contribution in [0.1, 0.15) is 29.6 Å². The Labute approximate surface area is 140 Å². The lowest BCUT2D eigenvalue weighted by Crippen LogP contribution is -2.60. The molecule has 1 aromatic rings. The van der Waals surface area contributed by atoms with Crippen LogP contribution in [0.2, 0.25) is 0 Å². The van der Waals surface area contributed by atoms with Gasteiger partial charge in [-0.05, 0) is 49.3 Å². The summed E-state index contributed by atoms with van der Waals surface area (Å²) < 4.78 is 10.6. The number of nitrogens with zero attached hydrogens (tertiary/aromatic N) is 1. The van der Waals surface area contributed by atoms with Gasteiger partial charge in [0.2, 0.25) is 0 Å². The molecule has 4 atom stereocenters. The number of fused-ring (bicyclic) bond motifs is 5. The van der Waals surface area contributed by atoms with Crippen LogP contribution in [0.25, 0.3) is 0 Å². The Bertz CT molecular complexity index is 688. The Balaban J connectivity index is 1.50. The second kappa shape index (κ2) is 5.69. The molecule has 0 aromatic heterocycles. The van der Waals surface area contributed by atoms with E-state index >= 15 is 0 Å². The molecule has 1 aromatic carbocycles. The highest BCUT2D eigenvalue weighted by atomic mass is 16.5. The average Bonchev–Trinajstić information content (AvgIpc) is 3.09. The van der Waals surface area contributed by atoms with Crippen LogP contribution in [0.4, 0.5) is 0 Å². The molecule has 3 fully saturated rings. The summed E-state index contributed by atoms with van der Waals surface area (Å²) in [6.45, 7) is 0.662. The quantitative estimate of drug-likeness (QED) is 0.885. The van der Waals surface area contributed by atoms with E-state index in [1.54, 1.807) is 18.2 Å². The van der Waals surface area contributed by atoms with E-state index < -0.39 is 5.91 Å². The minimum atomic E-state index is -0.555. The molecule has 2 bridgehead atoms. The second-order valence-electron chi connectivity index (χ2n) is 7.07. The highest BCUT2D eigenvalue weighted by Gasteiger charge is 2.57. The fraction of sp³-hybridized carbons (Fsp3) is 0.556. The number of rotatable bonds is 5. The van der Waals surface area contributed by atoms with Crippen molar-refractivity contribution in [3.63, 3.8) is 0 Å². The SMILES string of the molecule is COc1cc(C(=O)N2C[C@@H]3[C@H]4CC[C@@H](C4)[C@@H]32)ccc1OCC(N)=O. The Morgan fingerprint density at radius 2 is 2.04 bits per heavy atom. The minimum absolute atomic E-state index is 0.0588. The van der Waals surface area contributed by atoms with Crippen LogP contribution in [0.3, 0.4) is 0 Å². The van der Waals surface area contributed by atoms with Crippen molar-refractivity contribution < 1.29 is 19.1 Å². The summed E-state index contributed by atoms with van der Waals surface area (Å²) in [7, 11) is 1.51. The molecule has 2 saturated carbocycles. The van der Waals surface area contributed by atoms with E-state index in [4.69, 9.17) is 15.2 Å². The lowest BCUT2D eigenvalue weighted by atomic mass is 9.76. The first-order chi connectivity index (χ1) is 11.6. The largest absolute Gasteiger partial charge is 0.493 e. The molecule has 0 spiro atoms. The number of carbonyl (C=O) groups excluding carboxylic acids is 2. The topological polar surface area (TPSA) is 81.9 Å². The summed E-state index contributed by atoms with van der Waals surface area (Å²) in [5.74, 6) is 2.60. The number of hydrogen-bond acceptors (Lipinski definition) is 4. The van der Waals surface area contributed by atoms with Gasteiger partial charge in [-0.3, -0.25) is 9.59 Å². The van der Waals surface area contributed by atoms with E-state index in [0.29, 0.717) is 34.9 Å². The number of likely N-dealkylation sites (tertiary alicyclic amines) is 1. The van der Waals surface area contributed by atoms with Gasteiger partial charge >= 0.3 is 0 Å². The van der Waals surface area contributed by atoms with Crippen LogP contribution >= 0.6 is 0 Å². The third-order valence-corrected chi connectivity index (χ3v) is 5.85. The van der Waals surface area contributed by atoms with Gasteiger partial charge in [0, 0.05) is 24.1 Å². The van der Waals surface area contributed by atoms with Gasteiger partial charge in [-0.1, -0.05) is 0 Å². The normalized spacial score (nSPS) is 29.8. The molecule has 4 rings (SSSR count). The van der Waals surface area contributed by atoms with E-state index in [9.17, 15) is 9.59 Å². The number of ether oxygens (including phenoxy) is 2. The molecule has 2 N–H and O–H groups in total. The number of methoxy groups -OCH3 is 1. The lowest BCUT2D eigenvalue weighted by Gasteiger charge is -2.50. The van der Waals surface area contributed by atoms with Crippen molar-refractivity contribution in [1.29, 1.82) is 0 Å². The van der Waals surface area contributed by atoms with Gasteiger partial charge in [0.05, 0.1) is 7.11 Å². The highest BCUT2D eigenvalue weighted by Crippen LogP contribution is 2.55. The van der Waals surface area contributed by atoms with Gasteiger partial charge in [0.25, 0.3) is 11.8 Å². The lowest BCUT2D eigenvalue weighted by molar-refractivity contribution is -0.119. The van der Waals surface area contributed by atoms with Crippen molar-refractivity contribution in [3.8, 4) is 11.5 Å². The Morgan fingerprint density at radius 3 is 2.75 bits per heavy atom. The number of nitrogens with two attached hydrogens (primary N) is 1. The summed E-state index contributed by atoms with van der Waals surface area (Å²) in [6, 6.07) is 5.50. The van der Waals surface area contributed by atoms with Gasteiger partial charge in [-0.25, -0.2) is 0 Å². The zero-order valence-electron chi connectivity index (χ0n) is 13.7. The van der Waals surface area contributed by atoms with Crippen molar-refractivity contribution >= 4 is 11.8 Å². The number of amides is 2. The van der Waals surface area contributed by atoms with E-state index in [-0.39, 0.29) is 12.5 Å². The summed E-state index contributed by atoms with van der Waals surface area (Å²) in [6.07, 6.45) is 3.90. The smallest absolute Gasteiger partial charge is 0.255 e. The summed E-state index contributed by atoms with van der Waals surface area (Å²) >= 11 is 0. The fourth-order valence-electron chi connectivity index (χ4n) is 4.79. The van der Waals surface area contributed by atoms with Crippen LogP contribution in [-0.4, -0.2) is 43.0 Å². The third-order valence-electron chi connectivity index (χ3n) is 5.85. The monoisotopic (exact) mass is 330 g/mol. The van der Waals surface area contributed by atoms with E-state index in [1.165, 1.54) is 26.4 Å². The molecule has 128 valence electrons. The first-order valence-corrected chi connectivity index (χ1v) is 8.48. The maximum absolute atomic E-state index is 12.8. The molecular weight excluding hydrogens is 308 g/mol. The van der Waals surface area contributed by atoms with E-state index in [0.717, 1.165) is 12.5 Å². The molecule has 6 nitrogen and oxygen atoms in total. The minimum Gasteiger partial charge on any atom is -0.493 e. The van der Waals surface area contributed by atoms with Gasteiger partial charge < -0.3 is 20.1 Å². The molecule has 1 saturated heterocycles. The standard InChI is InChI=1S/C18H22N2O4/c1-23-15-7-12(4-5-14(15)24-9-16(19)21)18(22)20-8-13-10-2-3-11(6-10)17(13)20/h4-5,7,10-11,13,17H,2-3,6,8-9H2,1H3,(H2,19,21)/t10-,11-,13+,17-/m0/s1. The predicted octanol–water partition coefficient (Wildman–Crippen LogP) is 1.43. The summed E-state index contributed by atoms with van der Waals surface area (Å²) in [5, 5.41) is 0. The Kier molecular flexibility index (Phi) is 3.62. The highest BCUT2D eigenvalue weighted by molar-refractivity contribution is 5.95. The Hall–Kier alpha value is -2.24. The van der Waals surface area contributed by atoms with E-state index in [1.807, 2.05) is 4.90 Å². The van der Waals surface area contributed by atoms with Crippen molar-refractivity contribution in [2.75, 3.05) is 20.3 Å². The van der Waals surface area contributed by atoms with Crippen LogP contribution in [0.15, 0.2) is 18.2 Å². The maximum Gasteiger partial charge on any atom is 0.255 e. The zero-order valence-corrected chi connectivity index (χ0v) is 13.7. The van der Waals surface area contributed by atoms with Crippen molar-refractivity contribution in [2.24, 2.45) is 23.5 Å². The molecule has 0 unspecified atom stereocenters. The number of carbonyl (C=O) groups is 2. The van der Waals surface area contributed by atoms with Gasteiger partial charge in [0.15, 0.2) is 18.1 Å². The maximum atomic E-state index is 12.8. The summed E-state index contributed by atoms with van der Waals surface area (Å²) in [4.78, 5) is 25.7. The molecule has 6 heteroatoms. The van der Waals surface area contributed by atoms with Gasteiger partial charge in [-0.2, -0.15) is 0 Å². The first-order valence-electron chi connectivity index (χ1n) is 8.48. The molecule has 1 aliphatic heterocycles. The average molecular weight is 330 g/mol. The molecule has 2 amide bonds. The molecule has 2 aliphatic carbocycles. The van der Waals surface area contributed by atoms with Crippen molar-refractivity contribution in [3.05, 3.63) is 23.8 Å². The molecular formula is C18H22N2O4. The van der Waals surface area contributed by atoms with Crippen LogP contribution in [0.5, 0.6) is 11.5 Å². The number of primary amides is 1. The van der Waals surface area contributed by atoms with Crippen LogP contribution in [-0.2, 0) is 4.79 Å². The number of benzene rings is 1. The second-order valence-corrected chi connectivity index (χ2v) is 7.07. The van der Waals surface area contributed by atoms with Crippen molar-refractivity contribution in [2.45, 2.75) is 25.3 Å². The van der Waals surface area contributed by atoms with E-state index in [2.05, 4.69) is 0 Å². The number of hydrogen-bond donors (Lipinski definition) is 1. The van der Waals surface area contributed by atoms with Crippen LogP contribution < -0.4 is 15.2 Å². The Morgan fingerprint density at radius 1 is 1.25 bits per heavy atom. The zero-order chi connectivity index (χ0) is 16.8. The summed E-state index contributed by atoms with van der Waals surface area (Å²) in [5.41, 5.74) is 5.69. The molecule has 0 radical (unpaired) electrons. The van der Waals surface area contributed by atoms with Gasteiger partial charge in [0.1, 0.15) is 0 Å². The first kappa shape index (κ1) is 15.3. The van der Waals surface area contributed by atoms with Crippen LogP contribution in [0, 0.1) is 17.8 Å². The molecule has 1 heterocycles. The predicted molar refractivity (Wildman–Crippen MR) is 86.8 cm³/mol. The van der Waals surface area contributed by atoms with Gasteiger partial charge in [-0.15, -0.1) is 0 Å². The molecule has 3 aliphatic rings. The molecule has 24 heavy (non-hydrogen) atoms. The fourth-order valence-corrected chi connectivity index (χ4v) is 4.79. The van der Waals surface area contributed by atoms with Crippen molar-refractivity contribution in [1.82, 2.24) is 4.90 Å².